The molecule has 0 radical (unpaired) electrons. The van der Waals surface area contributed by atoms with Crippen LogP contribution in [0.1, 0.15) is 35.1 Å². The predicted molar refractivity (Wildman–Crippen MR) is 98.2 cm³/mol. The molecule has 1 N–H and O–H groups in total. The first kappa shape index (κ1) is 14.8. The van der Waals surface area contributed by atoms with Crippen LogP contribution in [0.2, 0.25) is 0 Å². The zero-order valence-electron chi connectivity index (χ0n) is 13.3. The number of benzene rings is 2. The monoisotopic (exact) mass is 369 g/mol. The number of rotatable bonds is 2. The van der Waals surface area contributed by atoms with E-state index in [1.165, 1.54) is 16.7 Å². The first-order valence-corrected chi connectivity index (χ1v) is 8.84. The van der Waals surface area contributed by atoms with Crippen LogP contribution in [-0.4, -0.2) is 7.11 Å². The molecule has 2 nitrogen and oxygen atoms in total. The lowest BCUT2D eigenvalue weighted by atomic mass is 9.75. The quantitative estimate of drug-likeness (QED) is 0.696. The lowest BCUT2D eigenvalue weighted by Gasteiger charge is -2.39. The Morgan fingerprint density at radius 2 is 1.91 bits per heavy atom. The summed E-state index contributed by atoms with van der Waals surface area (Å²) in [6, 6.07) is 13.2. The van der Waals surface area contributed by atoms with E-state index in [0.29, 0.717) is 17.9 Å². The summed E-state index contributed by atoms with van der Waals surface area (Å²) in [5.74, 6) is 1.97. The first-order valence-electron chi connectivity index (χ1n) is 8.05. The highest BCUT2D eigenvalue weighted by Crippen LogP contribution is 2.53. The van der Waals surface area contributed by atoms with E-state index in [2.05, 4.69) is 76.7 Å². The highest BCUT2D eigenvalue weighted by molar-refractivity contribution is 9.10. The third kappa shape index (κ3) is 2.38. The van der Waals surface area contributed by atoms with Crippen LogP contribution in [0.25, 0.3) is 0 Å². The van der Waals surface area contributed by atoms with E-state index >= 15 is 0 Å². The number of halogens is 1. The number of methoxy groups -OCH3 is 1. The molecular formula is C20H20BrNO. The van der Waals surface area contributed by atoms with Crippen molar-refractivity contribution >= 4 is 21.6 Å². The number of anilines is 1. The van der Waals surface area contributed by atoms with Crippen LogP contribution in [0, 0.1) is 12.8 Å². The lowest BCUT2D eigenvalue weighted by Crippen LogP contribution is -2.30. The van der Waals surface area contributed by atoms with Gasteiger partial charge >= 0.3 is 0 Å². The van der Waals surface area contributed by atoms with Crippen molar-refractivity contribution < 1.29 is 4.74 Å². The number of nitrogens with one attached hydrogen (secondary N) is 1. The Balaban J connectivity index is 1.84. The van der Waals surface area contributed by atoms with Crippen LogP contribution in [-0.2, 0) is 0 Å². The van der Waals surface area contributed by atoms with E-state index in [-0.39, 0.29) is 0 Å². The van der Waals surface area contributed by atoms with Crippen LogP contribution in [0.3, 0.4) is 0 Å². The van der Waals surface area contributed by atoms with Gasteiger partial charge in [0.1, 0.15) is 5.75 Å². The third-order valence-corrected chi connectivity index (χ3v) is 5.68. The van der Waals surface area contributed by atoms with Crippen molar-refractivity contribution in [1.29, 1.82) is 0 Å². The zero-order valence-corrected chi connectivity index (χ0v) is 14.9. The van der Waals surface area contributed by atoms with Gasteiger partial charge in [0.15, 0.2) is 0 Å². The van der Waals surface area contributed by atoms with Gasteiger partial charge in [-0.3, -0.25) is 0 Å². The molecule has 0 saturated heterocycles. The normalized spacial score (nSPS) is 24.7. The van der Waals surface area contributed by atoms with Gasteiger partial charge in [0.2, 0.25) is 0 Å². The van der Waals surface area contributed by atoms with Gasteiger partial charge in [0.05, 0.1) is 18.8 Å². The van der Waals surface area contributed by atoms with Gasteiger partial charge in [-0.1, -0.05) is 46.3 Å². The van der Waals surface area contributed by atoms with Gasteiger partial charge in [0, 0.05) is 10.4 Å². The number of allylic oxidation sites excluding steroid dienone is 2. The molecule has 0 bridgehead atoms. The van der Waals surface area contributed by atoms with Crippen LogP contribution in [0.4, 0.5) is 5.69 Å². The number of aryl methyl sites for hydroxylation is 1. The van der Waals surface area contributed by atoms with Gasteiger partial charge in [0.25, 0.3) is 0 Å². The van der Waals surface area contributed by atoms with Crippen molar-refractivity contribution in [3.05, 3.63) is 69.7 Å². The van der Waals surface area contributed by atoms with E-state index in [0.717, 1.165) is 22.3 Å². The summed E-state index contributed by atoms with van der Waals surface area (Å²) < 4.78 is 6.74. The highest BCUT2D eigenvalue weighted by Gasteiger charge is 2.39. The average molecular weight is 370 g/mol. The van der Waals surface area contributed by atoms with Crippen molar-refractivity contribution in [2.24, 2.45) is 5.92 Å². The SMILES string of the molecule is COc1ccc(C)c2c1N[C@@H](c1ccc(Br)cc1)[C@H]1CC=C[C@H]21. The Labute approximate surface area is 145 Å². The van der Waals surface area contributed by atoms with Gasteiger partial charge in [-0.05, 0) is 54.2 Å². The summed E-state index contributed by atoms with van der Waals surface area (Å²) in [6.07, 6.45) is 5.83. The topological polar surface area (TPSA) is 21.3 Å². The smallest absolute Gasteiger partial charge is 0.142 e. The molecule has 0 saturated carbocycles. The molecule has 3 atom stereocenters. The molecule has 4 rings (SSSR count). The molecule has 1 heterocycles. The summed E-state index contributed by atoms with van der Waals surface area (Å²) in [5.41, 5.74) is 5.23. The van der Waals surface area contributed by atoms with E-state index in [4.69, 9.17) is 4.74 Å². The van der Waals surface area contributed by atoms with E-state index in [1.54, 1.807) is 7.11 Å². The summed E-state index contributed by atoms with van der Waals surface area (Å²) in [5, 5.41) is 3.78. The molecule has 2 aliphatic rings. The fraction of sp³-hybridized carbons (Fsp3) is 0.300. The number of fused-ring (bicyclic) bond motifs is 3. The molecule has 0 unspecified atom stereocenters. The van der Waals surface area contributed by atoms with E-state index < -0.39 is 0 Å². The molecule has 0 spiro atoms. The highest BCUT2D eigenvalue weighted by atomic mass is 79.9. The lowest BCUT2D eigenvalue weighted by molar-refractivity contribution is 0.396. The van der Waals surface area contributed by atoms with E-state index in [9.17, 15) is 0 Å². The first-order chi connectivity index (χ1) is 11.2. The number of hydrogen-bond acceptors (Lipinski definition) is 2. The second-order valence-corrected chi connectivity index (χ2v) is 7.32. The molecule has 1 aliphatic carbocycles. The Bertz CT molecular complexity index is 766. The van der Waals surface area contributed by atoms with Crippen molar-refractivity contribution in [3.63, 3.8) is 0 Å². The maximum Gasteiger partial charge on any atom is 0.142 e. The van der Waals surface area contributed by atoms with Gasteiger partial charge in [-0.2, -0.15) is 0 Å². The molecule has 118 valence electrons. The Kier molecular flexibility index (Phi) is 3.68. The summed E-state index contributed by atoms with van der Waals surface area (Å²) in [7, 11) is 1.75. The standard InChI is InChI=1S/C20H20BrNO/c1-12-6-11-17(23-2)20-18(12)15-4-3-5-16(15)19(22-20)13-7-9-14(21)10-8-13/h3-4,6-11,15-16,19,22H,5H2,1-2H3/t15-,16-,19-/m0/s1. The fourth-order valence-corrected chi connectivity index (χ4v) is 4.31. The van der Waals surface area contributed by atoms with Crippen molar-refractivity contribution in [2.75, 3.05) is 12.4 Å². The maximum absolute atomic E-state index is 5.63. The second kappa shape index (κ2) is 5.72. The summed E-state index contributed by atoms with van der Waals surface area (Å²) in [6.45, 7) is 2.20. The molecule has 0 amide bonds. The average Bonchev–Trinajstić information content (AvgIpc) is 3.04. The van der Waals surface area contributed by atoms with Crippen LogP contribution >= 0.6 is 15.9 Å². The second-order valence-electron chi connectivity index (χ2n) is 6.40. The molecule has 3 heteroatoms. The Morgan fingerprint density at radius 1 is 1.13 bits per heavy atom. The Morgan fingerprint density at radius 3 is 2.65 bits per heavy atom. The predicted octanol–water partition coefficient (Wildman–Crippen LogP) is 5.59. The van der Waals surface area contributed by atoms with Crippen molar-refractivity contribution in [2.45, 2.75) is 25.3 Å². The molecule has 1 aliphatic heterocycles. The van der Waals surface area contributed by atoms with Gasteiger partial charge < -0.3 is 10.1 Å². The minimum Gasteiger partial charge on any atom is -0.495 e. The van der Waals surface area contributed by atoms with Crippen molar-refractivity contribution in [3.8, 4) is 5.75 Å². The number of ether oxygens (including phenoxy) is 1. The van der Waals surface area contributed by atoms with E-state index in [1.807, 2.05) is 0 Å². The molecule has 0 fully saturated rings. The summed E-state index contributed by atoms with van der Waals surface area (Å²) >= 11 is 3.53. The van der Waals surface area contributed by atoms with Crippen LogP contribution in [0.5, 0.6) is 5.75 Å². The molecule has 2 aromatic rings. The fourth-order valence-electron chi connectivity index (χ4n) is 4.04. The van der Waals surface area contributed by atoms with Crippen molar-refractivity contribution in [1.82, 2.24) is 0 Å². The summed E-state index contributed by atoms with van der Waals surface area (Å²) in [4.78, 5) is 0. The molecule has 2 aromatic carbocycles. The van der Waals surface area contributed by atoms with Gasteiger partial charge in [-0.15, -0.1) is 0 Å². The number of hydrogen-bond donors (Lipinski definition) is 1. The van der Waals surface area contributed by atoms with Gasteiger partial charge in [-0.25, -0.2) is 0 Å². The Hall–Kier alpha value is -1.74. The molecule has 23 heavy (non-hydrogen) atoms. The molecular weight excluding hydrogens is 350 g/mol. The minimum atomic E-state index is 0.311. The van der Waals surface area contributed by atoms with Crippen LogP contribution < -0.4 is 10.1 Å². The minimum absolute atomic E-state index is 0.311. The zero-order chi connectivity index (χ0) is 16.0. The molecule has 0 aromatic heterocycles. The maximum atomic E-state index is 5.63. The third-order valence-electron chi connectivity index (χ3n) is 5.15. The van der Waals surface area contributed by atoms with Crippen LogP contribution in [0.15, 0.2) is 53.0 Å². The largest absolute Gasteiger partial charge is 0.495 e.